The van der Waals surface area contributed by atoms with Crippen LogP contribution in [0.15, 0.2) is 30.3 Å². The minimum Gasteiger partial charge on any atom is -0.494 e. The highest BCUT2D eigenvalue weighted by atomic mass is 16.5. The van der Waals surface area contributed by atoms with E-state index in [4.69, 9.17) is 9.47 Å². The normalized spacial score (nSPS) is 14.5. The molecule has 1 aliphatic carbocycles. The van der Waals surface area contributed by atoms with Gasteiger partial charge in [-0.2, -0.15) is 0 Å². The van der Waals surface area contributed by atoms with E-state index >= 15 is 0 Å². The van der Waals surface area contributed by atoms with Crippen LogP contribution in [0.1, 0.15) is 51.0 Å². The van der Waals surface area contributed by atoms with Gasteiger partial charge in [-0.05, 0) is 43.0 Å². The molecule has 0 aliphatic heterocycles. The van der Waals surface area contributed by atoms with E-state index in [0.29, 0.717) is 13.2 Å². The summed E-state index contributed by atoms with van der Waals surface area (Å²) in [5, 5.41) is 0. The summed E-state index contributed by atoms with van der Waals surface area (Å²) in [6, 6.07) is 7.91. The lowest BCUT2D eigenvalue weighted by Gasteiger charge is -2.27. The van der Waals surface area contributed by atoms with Gasteiger partial charge in [-0.25, -0.2) is 0 Å². The molecule has 1 saturated carbocycles. The van der Waals surface area contributed by atoms with Crippen LogP contribution in [0.25, 0.3) is 6.08 Å². The largest absolute Gasteiger partial charge is 0.494 e. The first-order valence-electron chi connectivity index (χ1n) is 9.42. The Morgan fingerprint density at radius 3 is 2.50 bits per heavy atom. The summed E-state index contributed by atoms with van der Waals surface area (Å²) >= 11 is 0. The topological polar surface area (TPSA) is 55.8 Å². The first-order chi connectivity index (χ1) is 12.6. The van der Waals surface area contributed by atoms with Crippen molar-refractivity contribution in [2.75, 3.05) is 20.3 Å². The zero-order valence-electron chi connectivity index (χ0n) is 15.8. The second kappa shape index (κ2) is 10.6. The fourth-order valence-electron chi connectivity index (χ4n) is 3.16. The van der Waals surface area contributed by atoms with E-state index in [-0.39, 0.29) is 24.3 Å². The maximum absolute atomic E-state index is 12.7. The Morgan fingerprint density at radius 1 is 1.19 bits per heavy atom. The molecule has 142 valence electrons. The quantitative estimate of drug-likeness (QED) is 0.497. The summed E-state index contributed by atoms with van der Waals surface area (Å²) in [7, 11) is 1.37. The van der Waals surface area contributed by atoms with Crippen molar-refractivity contribution in [2.45, 2.75) is 51.5 Å². The number of nitrogens with zero attached hydrogens (tertiary/aromatic N) is 1. The standard InChI is InChI=1S/C21H29NO4/c1-3-16-26-19-11-8-17(9-12-19)10-13-20(23)22(15-14-21(24)25-2)18-6-4-5-7-18/h8-13,18H,3-7,14-16H2,1-2H3/b13-10+. The summed E-state index contributed by atoms with van der Waals surface area (Å²) < 4.78 is 10.3. The first kappa shape index (κ1) is 20.0. The Bertz CT molecular complexity index is 603. The third-order valence-electron chi connectivity index (χ3n) is 4.60. The van der Waals surface area contributed by atoms with Crippen LogP contribution in [-0.4, -0.2) is 43.1 Å². The second-order valence-corrected chi connectivity index (χ2v) is 6.55. The van der Waals surface area contributed by atoms with Gasteiger partial charge in [0.15, 0.2) is 0 Å². The molecule has 0 heterocycles. The van der Waals surface area contributed by atoms with Gasteiger partial charge < -0.3 is 14.4 Å². The van der Waals surface area contributed by atoms with Gasteiger partial charge >= 0.3 is 5.97 Å². The molecule has 0 saturated heterocycles. The fourth-order valence-corrected chi connectivity index (χ4v) is 3.16. The number of benzene rings is 1. The molecule has 5 nitrogen and oxygen atoms in total. The Balaban J connectivity index is 1.98. The highest BCUT2D eigenvalue weighted by Crippen LogP contribution is 2.24. The third kappa shape index (κ3) is 6.21. The van der Waals surface area contributed by atoms with Crippen LogP contribution in [0.2, 0.25) is 0 Å². The highest BCUT2D eigenvalue weighted by Gasteiger charge is 2.25. The Labute approximate surface area is 156 Å². The lowest BCUT2D eigenvalue weighted by molar-refractivity contribution is -0.141. The number of hydrogen-bond acceptors (Lipinski definition) is 4. The molecular weight excluding hydrogens is 330 g/mol. The van der Waals surface area contributed by atoms with Crippen molar-refractivity contribution in [3.05, 3.63) is 35.9 Å². The fraction of sp³-hybridized carbons (Fsp3) is 0.524. The molecule has 0 aromatic heterocycles. The third-order valence-corrected chi connectivity index (χ3v) is 4.60. The van der Waals surface area contributed by atoms with Crippen LogP contribution < -0.4 is 4.74 Å². The average Bonchev–Trinajstić information content (AvgIpc) is 3.19. The molecule has 1 aliphatic rings. The van der Waals surface area contributed by atoms with Crippen molar-refractivity contribution in [3.8, 4) is 5.75 Å². The van der Waals surface area contributed by atoms with Crippen LogP contribution in [-0.2, 0) is 14.3 Å². The SMILES string of the molecule is CCCOc1ccc(/C=C/C(=O)N(CCC(=O)OC)C2CCCC2)cc1. The number of carbonyl (C=O) groups excluding carboxylic acids is 2. The summed E-state index contributed by atoms with van der Waals surface area (Å²) in [6.07, 6.45) is 8.89. The van der Waals surface area contributed by atoms with Crippen LogP contribution in [0.3, 0.4) is 0 Å². The van der Waals surface area contributed by atoms with Gasteiger partial charge in [0.25, 0.3) is 0 Å². The molecule has 1 aromatic carbocycles. The van der Waals surface area contributed by atoms with E-state index in [1.807, 2.05) is 35.2 Å². The predicted molar refractivity (Wildman–Crippen MR) is 102 cm³/mol. The molecule has 0 atom stereocenters. The number of carbonyl (C=O) groups is 2. The van der Waals surface area contributed by atoms with Crippen molar-refractivity contribution < 1.29 is 19.1 Å². The van der Waals surface area contributed by atoms with E-state index in [1.54, 1.807) is 6.08 Å². The lowest BCUT2D eigenvalue weighted by Crippen LogP contribution is -2.39. The first-order valence-corrected chi connectivity index (χ1v) is 9.42. The van der Waals surface area contributed by atoms with Crippen molar-refractivity contribution in [3.63, 3.8) is 0 Å². The molecule has 0 N–H and O–H groups in total. The van der Waals surface area contributed by atoms with Gasteiger partial charge in [-0.15, -0.1) is 0 Å². The summed E-state index contributed by atoms with van der Waals surface area (Å²) in [6.45, 7) is 3.17. The van der Waals surface area contributed by atoms with E-state index in [1.165, 1.54) is 7.11 Å². The lowest BCUT2D eigenvalue weighted by atomic mass is 10.1. The Morgan fingerprint density at radius 2 is 1.88 bits per heavy atom. The molecule has 0 spiro atoms. The molecule has 0 unspecified atom stereocenters. The molecule has 0 radical (unpaired) electrons. The van der Waals surface area contributed by atoms with Gasteiger partial charge in [-0.1, -0.05) is 31.9 Å². The van der Waals surface area contributed by atoms with Crippen LogP contribution in [0.5, 0.6) is 5.75 Å². The monoisotopic (exact) mass is 359 g/mol. The van der Waals surface area contributed by atoms with Crippen molar-refractivity contribution in [2.24, 2.45) is 0 Å². The van der Waals surface area contributed by atoms with Gasteiger partial charge in [0, 0.05) is 18.7 Å². The predicted octanol–water partition coefficient (Wildman–Crippen LogP) is 3.82. The zero-order chi connectivity index (χ0) is 18.8. The maximum atomic E-state index is 12.7. The molecule has 26 heavy (non-hydrogen) atoms. The van der Waals surface area contributed by atoms with Gasteiger partial charge in [0.2, 0.25) is 5.91 Å². The molecule has 2 rings (SSSR count). The minimum absolute atomic E-state index is 0.0490. The van der Waals surface area contributed by atoms with Gasteiger partial charge in [0.1, 0.15) is 5.75 Å². The van der Waals surface area contributed by atoms with E-state index in [9.17, 15) is 9.59 Å². The minimum atomic E-state index is -0.285. The number of hydrogen-bond donors (Lipinski definition) is 0. The van der Waals surface area contributed by atoms with E-state index in [0.717, 1.165) is 43.4 Å². The van der Waals surface area contributed by atoms with Gasteiger partial charge in [-0.3, -0.25) is 9.59 Å². The highest BCUT2D eigenvalue weighted by molar-refractivity contribution is 5.92. The smallest absolute Gasteiger partial charge is 0.307 e. The summed E-state index contributed by atoms with van der Waals surface area (Å²) in [5.41, 5.74) is 0.946. The Hall–Kier alpha value is -2.30. The van der Waals surface area contributed by atoms with Gasteiger partial charge in [0.05, 0.1) is 20.1 Å². The Kier molecular flexibility index (Phi) is 8.19. The van der Waals surface area contributed by atoms with Crippen molar-refractivity contribution in [1.29, 1.82) is 0 Å². The summed E-state index contributed by atoms with van der Waals surface area (Å²) in [5.74, 6) is 0.501. The number of amides is 1. The van der Waals surface area contributed by atoms with Crippen LogP contribution in [0, 0.1) is 0 Å². The molecule has 1 fully saturated rings. The number of esters is 1. The molecule has 1 amide bonds. The summed E-state index contributed by atoms with van der Waals surface area (Å²) in [4.78, 5) is 25.9. The zero-order valence-corrected chi connectivity index (χ0v) is 15.8. The number of ether oxygens (including phenoxy) is 2. The van der Waals surface area contributed by atoms with E-state index < -0.39 is 0 Å². The number of rotatable bonds is 9. The average molecular weight is 359 g/mol. The molecule has 5 heteroatoms. The molecule has 1 aromatic rings. The van der Waals surface area contributed by atoms with Crippen LogP contribution >= 0.6 is 0 Å². The maximum Gasteiger partial charge on any atom is 0.307 e. The van der Waals surface area contributed by atoms with Crippen molar-refractivity contribution >= 4 is 18.0 Å². The molecular formula is C21H29NO4. The van der Waals surface area contributed by atoms with Crippen LogP contribution in [0.4, 0.5) is 0 Å². The number of methoxy groups -OCH3 is 1. The molecule has 0 bridgehead atoms. The van der Waals surface area contributed by atoms with E-state index in [2.05, 4.69) is 6.92 Å². The second-order valence-electron chi connectivity index (χ2n) is 6.55. The van der Waals surface area contributed by atoms with Crippen molar-refractivity contribution in [1.82, 2.24) is 4.90 Å².